The van der Waals surface area contributed by atoms with Crippen molar-refractivity contribution >= 4 is 16.9 Å². The summed E-state index contributed by atoms with van der Waals surface area (Å²) in [6.45, 7) is 8.36. The number of aromatic amines is 2. The Hall–Kier alpha value is -2.08. The van der Waals surface area contributed by atoms with Crippen LogP contribution in [0.4, 0.5) is 0 Å². The number of carbonyl (C=O) groups is 1. The van der Waals surface area contributed by atoms with E-state index in [0.717, 1.165) is 37.5 Å². The molecule has 0 unspecified atom stereocenters. The quantitative estimate of drug-likeness (QED) is 0.884. The molecule has 1 aromatic heterocycles. The number of hydrogen-bond acceptors (Lipinski definition) is 3. The summed E-state index contributed by atoms with van der Waals surface area (Å²) >= 11 is 0. The number of fused-ring (bicyclic) bond motifs is 1. The van der Waals surface area contributed by atoms with Crippen LogP contribution >= 0.6 is 0 Å². The van der Waals surface area contributed by atoms with E-state index in [9.17, 15) is 9.59 Å². The van der Waals surface area contributed by atoms with Gasteiger partial charge >= 0.3 is 5.69 Å². The van der Waals surface area contributed by atoms with Crippen molar-refractivity contribution in [2.24, 2.45) is 11.8 Å². The van der Waals surface area contributed by atoms with Crippen LogP contribution in [0.1, 0.15) is 43.5 Å². The molecule has 6 nitrogen and oxygen atoms in total. The van der Waals surface area contributed by atoms with Gasteiger partial charge in [-0.25, -0.2) is 4.79 Å². The highest BCUT2D eigenvalue weighted by atomic mass is 16.2. The van der Waals surface area contributed by atoms with E-state index >= 15 is 0 Å². The van der Waals surface area contributed by atoms with Crippen molar-refractivity contribution in [3.63, 3.8) is 0 Å². The van der Waals surface area contributed by atoms with E-state index in [1.807, 2.05) is 11.0 Å². The minimum atomic E-state index is -0.241. The predicted molar refractivity (Wildman–Crippen MR) is 102 cm³/mol. The number of H-pyrrole nitrogens is 2. The highest BCUT2D eigenvalue weighted by Gasteiger charge is 2.33. The monoisotopic (exact) mass is 356 g/mol. The van der Waals surface area contributed by atoms with Crippen LogP contribution in [0.15, 0.2) is 23.0 Å². The summed E-state index contributed by atoms with van der Waals surface area (Å²) in [5.74, 6) is 1.45. The lowest BCUT2D eigenvalue weighted by Gasteiger charge is -2.34. The Labute approximate surface area is 153 Å². The van der Waals surface area contributed by atoms with E-state index in [1.165, 1.54) is 19.4 Å². The van der Waals surface area contributed by atoms with Crippen molar-refractivity contribution < 1.29 is 4.79 Å². The van der Waals surface area contributed by atoms with E-state index in [1.54, 1.807) is 12.1 Å². The highest BCUT2D eigenvalue weighted by molar-refractivity contribution is 5.97. The number of aromatic nitrogens is 2. The van der Waals surface area contributed by atoms with Gasteiger partial charge in [0.25, 0.3) is 5.91 Å². The maximum Gasteiger partial charge on any atom is 0.323 e. The van der Waals surface area contributed by atoms with Crippen LogP contribution in [-0.4, -0.2) is 57.9 Å². The van der Waals surface area contributed by atoms with Gasteiger partial charge in [0.2, 0.25) is 0 Å². The van der Waals surface area contributed by atoms with Gasteiger partial charge in [-0.05, 0) is 49.3 Å². The normalized spacial score (nSPS) is 22.1. The van der Waals surface area contributed by atoms with Crippen LogP contribution in [0.25, 0.3) is 11.0 Å². The molecular weight excluding hydrogens is 328 g/mol. The van der Waals surface area contributed by atoms with Crippen molar-refractivity contribution in [2.75, 3.05) is 26.2 Å². The third-order valence-electron chi connectivity index (χ3n) is 5.76. The van der Waals surface area contributed by atoms with Gasteiger partial charge in [0, 0.05) is 37.8 Å². The minimum Gasteiger partial charge on any atom is -0.337 e. The molecule has 1 saturated heterocycles. The predicted octanol–water partition coefficient (Wildman–Crippen LogP) is 2.44. The van der Waals surface area contributed by atoms with Crippen LogP contribution in [0, 0.1) is 11.8 Å². The topological polar surface area (TPSA) is 72.2 Å². The molecule has 1 atom stereocenters. The number of imidazole rings is 1. The molecule has 1 aromatic carbocycles. The fourth-order valence-corrected chi connectivity index (χ4v) is 4.09. The molecule has 0 spiro atoms. The molecular formula is C20H28N4O2. The third kappa shape index (κ3) is 3.56. The minimum absolute atomic E-state index is 0.0628. The zero-order valence-corrected chi connectivity index (χ0v) is 15.6. The molecule has 1 saturated carbocycles. The maximum absolute atomic E-state index is 13.1. The Morgan fingerprint density at radius 1 is 1.19 bits per heavy atom. The van der Waals surface area contributed by atoms with Gasteiger partial charge in [-0.3, -0.25) is 9.69 Å². The fraction of sp³-hybridized carbons (Fsp3) is 0.600. The molecule has 26 heavy (non-hydrogen) atoms. The smallest absolute Gasteiger partial charge is 0.323 e. The van der Waals surface area contributed by atoms with Crippen LogP contribution in [0.2, 0.25) is 0 Å². The summed E-state index contributed by atoms with van der Waals surface area (Å²) in [5.41, 5.74) is 1.82. The van der Waals surface area contributed by atoms with Gasteiger partial charge in [0.1, 0.15) is 0 Å². The first-order chi connectivity index (χ1) is 12.5. The lowest BCUT2D eigenvalue weighted by Crippen LogP contribution is -2.46. The van der Waals surface area contributed by atoms with Gasteiger partial charge in [0.15, 0.2) is 0 Å². The van der Waals surface area contributed by atoms with Crippen molar-refractivity contribution in [1.82, 2.24) is 19.8 Å². The average molecular weight is 356 g/mol. The van der Waals surface area contributed by atoms with Crippen LogP contribution in [-0.2, 0) is 0 Å². The standard InChI is InChI=1S/C20H28N4O2/c1-13(2)18-12-24(9-3-8-23(18)11-14-4-5-14)19(25)15-6-7-16-17(10-15)22-20(26)21-16/h6-7,10,13-14,18H,3-5,8-9,11-12H2,1-2H3,(H2,21,22,26)/t18-/m1/s1. The first-order valence-electron chi connectivity index (χ1n) is 9.76. The number of nitrogens with zero attached hydrogens (tertiary/aromatic N) is 2. The molecule has 2 heterocycles. The molecule has 0 bridgehead atoms. The Bertz CT molecular complexity index is 849. The Morgan fingerprint density at radius 2 is 1.96 bits per heavy atom. The zero-order chi connectivity index (χ0) is 18.3. The number of amides is 1. The number of rotatable bonds is 4. The first kappa shape index (κ1) is 17.3. The number of benzene rings is 1. The SMILES string of the molecule is CC(C)[C@H]1CN(C(=O)c2ccc3[nH]c(=O)[nH]c3c2)CCCN1CC1CC1. The summed E-state index contributed by atoms with van der Waals surface area (Å²) in [5, 5.41) is 0. The molecule has 2 aliphatic rings. The number of hydrogen-bond donors (Lipinski definition) is 2. The van der Waals surface area contributed by atoms with E-state index in [-0.39, 0.29) is 11.6 Å². The molecule has 1 aliphatic carbocycles. The Balaban J connectivity index is 1.54. The Kier molecular flexibility index (Phi) is 4.61. The third-order valence-corrected chi connectivity index (χ3v) is 5.76. The molecule has 1 aliphatic heterocycles. The number of carbonyl (C=O) groups excluding carboxylic acids is 1. The molecule has 2 N–H and O–H groups in total. The summed E-state index contributed by atoms with van der Waals surface area (Å²) in [6.07, 6.45) is 3.74. The molecule has 140 valence electrons. The van der Waals surface area contributed by atoms with E-state index in [0.29, 0.717) is 23.0 Å². The summed E-state index contributed by atoms with van der Waals surface area (Å²) < 4.78 is 0. The Morgan fingerprint density at radius 3 is 2.69 bits per heavy atom. The lowest BCUT2D eigenvalue weighted by atomic mass is 10.0. The van der Waals surface area contributed by atoms with Gasteiger partial charge in [0.05, 0.1) is 11.0 Å². The van der Waals surface area contributed by atoms with E-state index < -0.39 is 0 Å². The van der Waals surface area contributed by atoms with E-state index in [4.69, 9.17) is 0 Å². The van der Waals surface area contributed by atoms with Gasteiger partial charge in [-0.2, -0.15) is 0 Å². The second kappa shape index (κ2) is 6.91. The van der Waals surface area contributed by atoms with Gasteiger partial charge in [-0.15, -0.1) is 0 Å². The lowest BCUT2D eigenvalue weighted by molar-refractivity contribution is 0.0704. The molecule has 1 amide bonds. The second-order valence-corrected chi connectivity index (χ2v) is 8.19. The van der Waals surface area contributed by atoms with Crippen molar-refractivity contribution in [3.8, 4) is 0 Å². The van der Waals surface area contributed by atoms with Crippen LogP contribution < -0.4 is 5.69 Å². The second-order valence-electron chi connectivity index (χ2n) is 8.19. The molecule has 2 aromatic rings. The van der Waals surface area contributed by atoms with Crippen molar-refractivity contribution in [3.05, 3.63) is 34.2 Å². The first-order valence-corrected chi connectivity index (χ1v) is 9.76. The average Bonchev–Trinajstić information content (AvgIpc) is 3.37. The summed E-state index contributed by atoms with van der Waals surface area (Å²) in [4.78, 5) is 34.7. The van der Waals surface area contributed by atoms with Crippen molar-refractivity contribution in [2.45, 2.75) is 39.2 Å². The maximum atomic E-state index is 13.1. The highest BCUT2D eigenvalue weighted by Crippen LogP contribution is 2.32. The fourth-order valence-electron chi connectivity index (χ4n) is 4.09. The van der Waals surface area contributed by atoms with Crippen molar-refractivity contribution in [1.29, 1.82) is 0 Å². The molecule has 2 fully saturated rings. The zero-order valence-electron chi connectivity index (χ0n) is 15.6. The molecule has 4 rings (SSSR count). The summed E-state index contributed by atoms with van der Waals surface area (Å²) in [6, 6.07) is 5.81. The van der Waals surface area contributed by atoms with Gasteiger partial charge < -0.3 is 14.9 Å². The van der Waals surface area contributed by atoms with Crippen LogP contribution in [0.5, 0.6) is 0 Å². The van der Waals surface area contributed by atoms with Gasteiger partial charge in [-0.1, -0.05) is 13.8 Å². The van der Waals surface area contributed by atoms with E-state index in [2.05, 4.69) is 28.7 Å². The molecule has 0 radical (unpaired) electrons. The summed E-state index contributed by atoms with van der Waals surface area (Å²) in [7, 11) is 0. The molecule has 6 heteroatoms. The van der Waals surface area contributed by atoms with Crippen LogP contribution in [0.3, 0.4) is 0 Å². The number of nitrogens with one attached hydrogen (secondary N) is 2. The largest absolute Gasteiger partial charge is 0.337 e.